The first-order valence-electron chi connectivity index (χ1n) is 15.7. The average molecular weight is 570 g/mol. The molecule has 7 nitrogen and oxygen atoms in total. The predicted molar refractivity (Wildman–Crippen MR) is 157 cm³/mol. The smallest absolute Gasteiger partial charge is 0.337 e. The number of hydrogen-bond donors (Lipinski definition) is 2. The number of rotatable bonds is 7. The molecule has 0 saturated heterocycles. The Morgan fingerprint density at radius 2 is 1.71 bits per heavy atom. The molecule has 0 bridgehead atoms. The minimum Gasteiger partial charge on any atom is -0.508 e. The summed E-state index contributed by atoms with van der Waals surface area (Å²) < 4.78 is 17.3. The molecule has 2 fully saturated rings. The molecule has 2 unspecified atom stereocenters. The van der Waals surface area contributed by atoms with Crippen LogP contribution < -0.4 is 14.8 Å². The fraction of sp³-hybridized carbons (Fsp3) is 0.486. The quantitative estimate of drug-likeness (QED) is 0.350. The lowest BCUT2D eigenvalue weighted by molar-refractivity contribution is -0.144. The number of phenolic OH excluding ortho intramolecular Hbond substituents is 1. The van der Waals surface area contributed by atoms with Crippen molar-refractivity contribution in [1.82, 2.24) is 5.32 Å². The Kier molecular flexibility index (Phi) is 7.43. The number of phenols is 1. The van der Waals surface area contributed by atoms with Crippen LogP contribution in [0.4, 0.5) is 0 Å². The van der Waals surface area contributed by atoms with Crippen molar-refractivity contribution in [3.8, 4) is 17.2 Å². The van der Waals surface area contributed by atoms with Gasteiger partial charge in [0.25, 0.3) is 0 Å². The van der Waals surface area contributed by atoms with Gasteiger partial charge >= 0.3 is 5.97 Å². The molecular weight excluding hydrogens is 530 g/mol. The summed E-state index contributed by atoms with van der Waals surface area (Å²) in [6, 6.07) is 12.9. The van der Waals surface area contributed by atoms with Gasteiger partial charge in [0.1, 0.15) is 11.9 Å². The molecule has 0 amide bonds. The zero-order valence-electron chi connectivity index (χ0n) is 24.0. The number of nitrogens with one attached hydrogen (secondary N) is 1. The van der Waals surface area contributed by atoms with Crippen LogP contribution in [0.5, 0.6) is 17.2 Å². The standard InChI is InChI=1S/C35H39NO6/c37-25-9-5-8-23(16-25)32-33-28(17-24(18-29(33)38)22-13-15-30-31(19-22)41-20-40-30)36-27(14-12-21-6-1-2-7-21)34(32)35(39)42-26-10-3-4-11-26/h5,8-9,13,15-16,19,21,24,26,32,36-37H,1-4,6-7,10-12,14,17-18,20H2. The van der Waals surface area contributed by atoms with E-state index in [2.05, 4.69) is 5.32 Å². The van der Waals surface area contributed by atoms with Crippen LogP contribution in [-0.2, 0) is 14.3 Å². The van der Waals surface area contributed by atoms with Crippen LogP contribution in [0.1, 0.15) is 100 Å². The number of Topliss-reactive ketones (excluding diaryl/α,β-unsaturated/α-hetero) is 1. The molecule has 0 radical (unpaired) electrons. The topological polar surface area (TPSA) is 94.1 Å². The fourth-order valence-corrected chi connectivity index (χ4v) is 7.70. The Labute approximate surface area is 246 Å². The number of carbonyl (C=O) groups excluding carboxylic acids is 2. The first-order valence-corrected chi connectivity index (χ1v) is 15.7. The molecular formula is C35H39NO6. The van der Waals surface area contributed by atoms with Crippen LogP contribution in [0.15, 0.2) is 65.0 Å². The third-order valence-corrected chi connectivity index (χ3v) is 9.86. The summed E-state index contributed by atoms with van der Waals surface area (Å²) >= 11 is 0. The van der Waals surface area contributed by atoms with Gasteiger partial charge < -0.3 is 24.6 Å². The molecule has 0 spiro atoms. The second-order valence-corrected chi connectivity index (χ2v) is 12.6. The highest BCUT2D eigenvalue weighted by Crippen LogP contribution is 2.48. The molecule has 2 aromatic carbocycles. The third kappa shape index (κ3) is 5.30. The molecule has 3 aliphatic carbocycles. The van der Waals surface area contributed by atoms with Crippen molar-refractivity contribution in [3.63, 3.8) is 0 Å². The van der Waals surface area contributed by atoms with E-state index in [1.54, 1.807) is 18.2 Å². The highest BCUT2D eigenvalue weighted by Gasteiger charge is 2.43. The molecule has 220 valence electrons. The van der Waals surface area contributed by atoms with Gasteiger partial charge in [0, 0.05) is 29.3 Å². The van der Waals surface area contributed by atoms with Gasteiger partial charge in [-0.2, -0.15) is 0 Å². The maximum atomic E-state index is 14.1. The molecule has 7 heteroatoms. The number of aromatic hydroxyl groups is 1. The number of ether oxygens (including phenoxy) is 3. The summed E-state index contributed by atoms with van der Waals surface area (Å²) in [4.78, 5) is 28.2. The zero-order valence-corrected chi connectivity index (χ0v) is 24.0. The lowest BCUT2D eigenvalue weighted by Gasteiger charge is -2.38. The number of esters is 1. The van der Waals surface area contributed by atoms with Crippen molar-refractivity contribution < 1.29 is 28.9 Å². The number of hydrogen-bond acceptors (Lipinski definition) is 7. The number of benzene rings is 2. The van der Waals surface area contributed by atoms with Gasteiger partial charge in [-0.25, -0.2) is 4.79 Å². The predicted octanol–water partition coefficient (Wildman–Crippen LogP) is 6.92. The third-order valence-electron chi connectivity index (χ3n) is 9.86. The van der Waals surface area contributed by atoms with Gasteiger partial charge in [-0.05, 0) is 92.2 Å². The van der Waals surface area contributed by atoms with Crippen molar-refractivity contribution in [2.24, 2.45) is 5.92 Å². The maximum Gasteiger partial charge on any atom is 0.337 e. The van der Waals surface area contributed by atoms with E-state index in [9.17, 15) is 14.7 Å². The van der Waals surface area contributed by atoms with Crippen molar-refractivity contribution >= 4 is 11.8 Å². The summed E-state index contributed by atoms with van der Waals surface area (Å²) in [5.74, 6) is 1.28. The lowest BCUT2D eigenvalue weighted by Crippen LogP contribution is -2.37. The van der Waals surface area contributed by atoms with Gasteiger partial charge in [0.2, 0.25) is 6.79 Å². The normalized spacial score (nSPS) is 24.2. The van der Waals surface area contributed by atoms with Crippen LogP contribution in [0.3, 0.4) is 0 Å². The lowest BCUT2D eigenvalue weighted by atomic mass is 9.71. The second-order valence-electron chi connectivity index (χ2n) is 12.6. The molecule has 2 heterocycles. The monoisotopic (exact) mass is 569 g/mol. The van der Waals surface area contributed by atoms with Gasteiger partial charge in [0.05, 0.1) is 5.57 Å². The van der Waals surface area contributed by atoms with E-state index in [0.717, 1.165) is 66.8 Å². The van der Waals surface area contributed by atoms with E-state index < -0.39 is 5.92 Å². The second kappa shape index (κ2) is 11.5. The number of fused-ring (bicyclic) bond motifs is 1. The Hall–Kier alpha value is -3.74. The summed E-state index contributed by atoms with van der Waals surface area (Å²) in [5.41, 5.74) is 4.70. The van der Waals surface area contributed by atoms with Crippen molar-refractivity contribution in [2.45, 2.75) is 95.0 Å². The number of ketones is 1. The molecule has 42 heavy (non-hydrogen) atoms. The first-order chi connectivity index (χ1) is 20.5. The number of allylic oxidation sites excluding steroid dienone is 3. The molecule has 7 rings (SSSR count). The van der Waals surface area contributed by atoms with E-state index >= 15 is 0 Å². The van der Waals surface area contributed by atoms with Crippen LogP contribution in [0.25, 0.3) is 0 Å². The van der Waals surface area contributed by atoms with Gasteiger partial charge in [0.15, 0.2) is 17.3 Å². The molecule has 2 atom stereocenters. The maximum absolute atomic E-state index is 14.1. The highest BCUT2D eigenvalue weighted by atomic mass is 16.7. The van der Waals surface area contributed by atoms with Gasteiger partial charge in [-0.1, -0.05) is 43.9 Å². The minimum absolute atomic E-state index is 0.0146. The SMILES string of the molecule is O=C1CC(c2ccc3c(c2)OCO3)CC2=C1C(c1cccc(O)c1)C(C(=O)OC1CCCC1)=C(CCC1CCCC1)N2. The Bertz CT molecular complexity index is 1450. The van der Waals surface area contributed by atoms with Gasteiger partial charge in [-0.3, -0.25) is 4.79 Å². The average Bonchev–Trinajstić information content (AvgIpc) is 3.78. The highest BCUT2D eigenvalue weighted by molar-refractivity contribution is 6.04. The minimum atomic E-state index is -0.578. The van der Waals surface area contributed by atoms with Gasteiger partial charge in [-0.15, -0.1) is 0 Å². The number of dihydropyridines is 1. The van der Waals surface area contributed by atoms with Crippen molar-refractivity contribution in [3.05, 3.63) is 76.1 Å². The summed E-state index contributed by atoms with van der Waals surface area (Å²) in [6.45, 7) is 0.208. The van der Waals surface area contributed by atoms with Crippen LogP contribution >= 0.6 is 0 Å². The number of carbonyl (C=O) groups is 2. The van der Waals surface area contributed by atoms with Crippen molar-refractivity contribution in [1.29, 1.82) is 0 Å². The van der Waals surface area contributed by atoms with E-state index in [1.807, 2.05) is 24.3 Å². The van der Waals surface area contributed by atoms with E-state index in [0.29, 0.717) is 35.7 Å². The molecule has 2 aliphatic heterocycles. The molecule has 0 aromatic heterocycles. The first kappa shape index (κ1) is 27.1. The van der Waals surface area contributed by atoms with Crippen molar-refractivity contribution in [2.75, 3.05) is 6.79 Å². The van der Waals surface area contributed by atoms with Crippen LogP contribution in [-0.4, -0.2) is 29.8 Å². The molecule has 5 aliphatic rings. The summed E-state index contributed by atoms with van der Waals surface area (Å²) in [7, 11) is 0. The summed E-state index contributed by atoms with van der Waals surface area (Å²) in [5, 5.41) is 14.1. The van der Waals surface area contributed by atoms with Crippen LogP contribution in [0.2, 0.25) is 0 Å². The zero-order chi connectivity index (χ0) is 28.6. The molecule has 2 aromatic rings. The van der Waals surface area contributed by atoms with Crippen LogP contribution in [0, 0.1) is 5.92 Å². The Morgan fingerprint density at radius 1 is 0.929 bits per heavy atom. The largest absolute Gasteiger partial charge is 0.508 e. The Balaban J connectivity index is 1.28. The molecule has 2 N–H and O–H groups in total. The Morgan fingerprint density at radius 3 is 2.52 bits per heavy atom. The summed E-state index contributed by atoms with van der Waals surface area (Å²) in [6.07, 6.45) is 11.5. The van der Waals surface area contributed by atoms with E-state index in [-0.39, 0.29) is 36.3 Å². The van der Waals surface area contributed by atoms with E-state index in [1.165, 1.54) is 25.7 Å². The van der Waals surface area contributed by atoms with E-state index in [4.69, 9.17) is 14.2 Å². The fourth-order valence-electron chi connectivity index (χ4n) is 7.70. The molecule has 2 saturated carbocycles.